The van der Waals surface area contributed by atoms with Crippen LogP contribution in [0.4, 0.5) is 34.4 Å². The van der Waals surface area contributed by atoms with Crippen LogP contribution in [-0.2, 0) is 32.3 Å². The number of carbonyl (C=O) groups is 6. The van der Waals surface area contributed by atoms with Crippen LogP contribution in [0.5, 0.6) is 0 Å². The summed E-state index contributed by atoms with van der Waals surface area (Å²) in [6.07, 6.45) is 8.19. The average molecular weight is 1150 g/mol. The summed E-state index contributed by atoms with van der Waals surface area (Å²) in [5.74, 6) is -0.553. The van der Waals surface area contributed by atoms with Crippen LogP contribution in [0.2, 0.25) is 0 Å². The standard InChI is InChI=1S/C26H26BrN7O3.C16H14N4O3.C11H15BrN2O/c1-16(2)33(14-24(36)31-23-8-4-7-22(27)30-23)25(37)15-34-21-10-9-18(29-19-6-5-11-28-13-19)12-20(21)26(32-34)17(3)35;1-10(21)16-13-7-11(18-12-3-2-6-17-8-12)4-5-14(13)20(19-16)9-15(22)23;1-8(2)6-7-11(15)14-10-5-3-4-9(12)13-10/h4-13,16,29H,14-15H2,1-3H3,(H,30,31,36);2-8,18H,9H2,1H3,(H,22,23);3-5,8H,6-7H2,1-2H3,(H,13,14,15). The number of halogens is 2. The van der Waals surface area contributed by atoms with Gasteiger partial charge in [-0.1, -0.05) is 26.0 Å². The first-order chi connectivity index (χ1) is 35.8. The van der Waals surface area contributed by atoms with Crippen molar-refractivity contribution in [1.29, 1.82) is 0 Å². The lowest BCUT2D eigenvalue weighted by Gasteiger charge is -2.26. The summed E-state index contributed by atoms with van der Waals surface area (Å²) in [5, 5.41) is 30.7. The minimum absolute atomic E-state index is 0.0225. The Morgan fingerprint density at radius 2 is 1.09 bits per heavy atom. The maximum Gasteiger partial charge on any atom is 0.325 e. The van der Waals surface area contributed by atoms with Crippen LogP contribution >= 0.6 is 31.9 Å². The summed E-state index contributed by atoms with van der Waals surface area (Å²) in [5.41, 5.74) is 4.92. The van der Waals surface area contributed by atoms with Gasteiger partial charge >= 0.3 is 5.97 Å². The number of anilines is 6. The zero-order valence-corrected chi connectivity index (χ0v) is 45.1. The summed E-state index contributed by atoms with van der Waals surface area (Å²) < 4.78 is 4.14. The molecule has 75 heavy (non-hydrogen) atoms. The monoisotopic (exact) mass is 1140 g/mol. The fourth-order valence-corrected chi connectivity index (χ4v) is 7.99. The van der Waals surface area contributed by atoms with E-state index in [0.717, 1.165) is 33.8 Å². The quantitative estimate of drug-likeness (QED) is 0.0395. The lowest BCUT2D eigenvalue weighted by molar-refractivity contribution is -0.138. The smallest absolute Gasteiger partial charge is 0.325 e. The summed E-state index contributed by atoms with van der Waals surface area (Å²) in [7, 11) is 0. The minimum atomic E-state index is -1.01. The van der Waals surface area contributed by atoms with Crippen molar-refractivity contribution >= 4 is 123 Å². The van der Waals surface area contributed by atoms with Gasteiger partial charge in [-0.25, -0.2) is 9.97 Å². The highest BCUT2D eigenvalue weighted by Crippen LogP contribution is 2.27. The van der Waals surface area contributed by atoms with Crippen LogP contribution in [0.25, 0.3) is 21.8 Å². The molecular formula is C53H55Br2N13O7. The fraction of sp³-hybridized carbons (Fsp3) is 0.245. The summed E-state index contributed by atoms with van der Waals surface area (Å²) in [6, 6.07) is 28.6. The van der Waals surface area contributed by atoms with Gasteiger partial charge in [0.1, 0.15) is 51.9 Å². The third-order valence-electron chi connectivity index (χ3n) is 10.8. The van der Waals surface area contributed by atoms with Gasteiger partial charge in [0.15, 0.2) is 11.6 Å². The highest BCUT2D eigenvalue weighted by Gasteiger charge is 2.24. The van der Waals surface area contributed by atoms with E-state index in [1.165, 1.54) is 28.1 Å². The molecule has 0 saturated heterocycles. The molecule has 0 bridgehead atoms. The van der Waals surface area contributed by atoms with Crippen LogP contribution in [0, 0.1) is 5.92 Å². The molecule has 22 heteroatoms. The number of aliphatic carboxylic acids is 1. The topological polar surface area (TPSA) is 261 Å². The Balaban J connectivity index is 0.000000204. The highest BCUT2D eigenvalue weighted by atomic mass is 79.9. The molecule has 0 saturated carbocycles. The molecule has 0 aliphatic heterocycles. The number of carbonyl (C=O) groups excluding carboxylic acids is 5. The first kappa shape index (κ1) is 56.1. The van der Waals surface area contributed by atoms with E-state index in [1.807, 2.05) is 68.4 Å². The predicted molar refractivity (Wildman–Crippen MR) is 294 cm³/mol. The number of amides is 3. The van der Waals surface area contributed by atoms with E-state index in [4.69, 9.17) is 5.11 Å². The molecule has 0 unspecified atom stereocenters. The van der Waals surface area contributed by atoms with E-state index < -0.39 is 5.97 Å². The Morgan fingerprint density at radius 1 is 0.613 bits per heavy atom. The molecule has 8 aromatic rings. The van der Waals surface area contributed by atoms with E-state index in [2.05, 4.69) is 97.1 Å². The lowest BCUT2D eigenvalue weighted by Crippen LogP contribution is -2.44. The molecule has 6 heterocycles. The number of pyridine rings is 4. The van der Waals surface area contributed by atoms with Crippen molar-refractivity contribution in [2.45, 2.75) is 73.5 Å². The van der Waals surface area contributed by atoms with Crippen molar-refractivity contribution in [3.8, 4) is 0 Å². The van der Waals surface area contributed by atoms with Crippen molar-refractivity contribution < 1.29 is 33.9 Å². The maximum absolute atomic E-state index is 13.3. The van der Waals surface area contributed by atoms with Crippen molar-refractivity contribution in [3.05, 3.63) is 142 Å². The van der Waals surface area contributed by atoms with Gasteiger partial charge in [0.05, 0.1) is 34.8 Å². The molecule has 6 aromatic heterocycles. The van der Waals surface area contributed by atoms with Crippen molar-refractivity contribution in [3.63, 3.8) is 0 Å². The van der Waals surface area contributed by atoms with Crippen LogP contribution in [0.15, 0.2) is 131 Å². The third kappa shape index (κ3) is 16.6. The van der Waals surface area contributed by atoms with E-state index in [1.54, 1.807) is 67.3 Å². The highest BCUT2D eigenvalue weighted by molar-refractivity contribution is 9.10. The van der Waals surface area contributed by atoms with Gasteiger partial charge in [0, 0.05) is 60.9 Å². The second-order valence-corrected chi connectivity index (χ2v) is 19.2. The number of carboxylic acid groups (broad SMARTS) is 1. The Labute approximate surface area is 449 Å². The van der Waals surface area contributed by atoms with Crippen LogP contribution in [-0.4, -0.2) is 97.3 Å². The summed E-state index contributed by atoms with van der Waals surface area (Å²) in [4.78, 5) is 90.4. The molecule has 0 atom stereocenters. The van der Waals surface area contributed by atoms with Crippen molar-refractivity contribution in [2.75, 3.05) is 27.8 Å². The van der Waals surface area contributed by atoms with Gasteiger partial charge in [0.2, 0.25) is 17.7 Å². The number of Topliss-reactive ketones (excluding diaryl/α,β-unsaturated/α-hetero) is 2. The Morgan fingerprint density at radius 3 is 1.51 bits per heavy atom. The molecule has 0 aliphatic rings. The molecule has 5 N–H and O–H groups in total. The minimum Gasteiger partial charge on any atom is -0.480 e. The van der Waals surface area contributed by atoms with Gasteiger partial charge in [0.25, 0.3) is 0 Å². The number of nitrogens with one attached hydrogen (secondary N) is 4. The lowest BCUT2D eigenvalue weighted by atomic mass is 10.1. The molecule has 0 spiro atoms. The number of nitrogens with zero attached hydrogens (tertiary/aromatic N) is 9. The molecular weight excluding hydrogens is 1090 g/mol. The van der Waals surface area contributed by atoms with Crippen LogP contribution in [0.3, 0.4) is 0 Å². The zero-order valence-electron chi connectivity index (χ0n) is 41.9. The fourth-order valence-electron chi connectivity index (χ4n) is 7.31. The molecule has 388 valence electrons. The molecule has 0 aliphatic carbocycles. The Hall–Kier alpha value is -8.24. The number of hydrogen-bond acceptors (Lipinski definition) is 14. The first-order valence-corrected chi connectivity index (χ1v) is 25.1. The van der Waals surface area contributed by atoms with Crippen LogP contribution < -0.4 is 21.3 Å². The van der Waals surface area contributed by atoms with Crippen molar-refractivity contribution in [1.82, 2.24) is 44.4 Å². The van der Waals surface area contributed by atoms with E-state index in [-0.39, 0.29) is 66.4 Å². The molecule has 0 fully saturated rings. The zero-order chi connectivity index (χ0) is 54.2. The van der Waals surface area contributed by atoms with Gasteiger partial charge in [-0.05, 0) is 143 Å². The molecule has 0 radical (unpaired) electrons. The molecule has 3 amide bonds. The normalized spacial score (nSPS) is 10.7. The average Bonchev–Trinajstić information content (AvgIpc) is 3.90. The van der Waals surface area contributed by atoms with Gasteiger partial charge in [-0.3, -0.25) is 48.1 Å². The Kier molecular flexibility index (Phi) is 19.9. The Bertz CT molecular complexity index is 3310. The summed E-state index contributed by atoms with van der Waals surface area (Å²) in [6.45, 7) is 10.2. The van der Waals surface area contributed by atoms with E-state index in [0.29, 0.717) is 50.4 Å². The van der Waals surface area contributed by atoms with Gasteiger partial charge in [-0.2, -0.15) is 10.2 Å². The number of aromatic nitrogens is 8. The number of fused-ring (bicyclic) bond motifs is 2. The van der Waals surface area contributed by atoms with Gasteiger partial charge < -0.3 is 31.3 Å². The maximum atomic E-state index is 13.3. The molecule has 20 nitrogen and oxygen atoms in total. The third-order valence-corrected chi connectivity index (χ3v) is 11.7. The first-order valence-electron chi connectivity index (χ1n) is 23.6. The number of hydrogen-bond donors (Lipinski definition) is 5. The van der Waals surface area contributed by atoms with E-state index >= 15 is 0 Å². The van der Waals surface area contributed by atoms with Crippen LogP contribution in [0.1, 0.15) is 75.4 Å². The number of benzene rings is 2. The number of ketones is 2. The SMILES string of the molecule is CC(=O)c1nn(CC(=O)N(CC(=O)Nc2cccc(Br)n2)C(C)C)c2ccc(Nc3cccnc3)cc12.CC(=O)c1nn(CC(=O)O)c2ccc(Nc3cccnc3)cc12.CC(C)CCC(=O)Nc1cccc(Br)n1. The van der Waals surface area contributed by atoms with E-state index in [9.17, 15) is 28.8 Å². The second kappa shape index (κ2) is 26.6. The van der Waals surface area contributed by atoms with Gasteiger partial charge in [-0.15, -0.1) is 0 Å². The summed E-state index contributed by atoms with van der Waals surface area (Å²) >= 11 is 6.52. The molecule has 2 aromatic carbocycles. The number of carboxylic acids is 1. The second-order valence-electron chi connectivity index (χ2n) is 17.6. The predicted octanol–water partition coefficient (Wildman–Crippen LogP) is 10.1. The van der Waals surface area contributed by atoms with Crippen molar-refractivity contribution in [2.24, 2.45) is 5.92 Å². The molecule has 8 rings (SSSR count). The number of rotatable bonds is 18. The largest absolute Gasteiger partial charge is 0.480 e.